The van der Waals surface area contributed by atoms with Crippen LogP contribution >= 0.6 is 11.6 Å². The van der Waals surface area contributed by atoms with Crippen molar-refractivity contribution in [2.45, 2.75) is 31.7 Å². The fraction of sp³-hybridized carbons (Fsp3) is 0.385. The summed E-state index contributed by atoms with van der Waals surface area (Å²) >= 11 is 5.75. The van der Waals surface area contributed by atoms with Crippen LogP contribution in [0.5, 0.6) is 0 Å². The molecule has 0 spiro atoms. The molecule has 0 amide bonds. The predicted molar refractivity (Wildman–Crippen MR) is 77.4 cm³/mol. The lowest BCUT2D eigenvalue weighted by Crippen LogP contribution is -2.49. The van der Waals surface area contributed by atoms with Gasteiger partial charge in [-0.15, -0.1) is 0 Å². The topological polar surface area (TPSA) is 107 Å². The SMILES string of the molecule is CC(C)(C)[C@@H](NS(=O)(=O)c1cc(Cl)ccc1C#N)C(=O)O. The highest BCUT2D eigenvalue weighted by Gasteiger charge is 2.36. The Kier molecular flexibility index (Phi) is 4.99. The average molecular weight is 331 g/mol. The number of hydrogen-bond acceptors (Lipinski definition) is 4. The summed E-state index contributed by atoms with van der Waals surface area (Å²) < 4.78 is 26.8. The standard InChI is InChI=1S/C13H15ClN2O4S/c1-13(2,3)11(12(17)18)16-21(19,20)10-6-9(14)5-4-8(10)7-15/h4-6,11,16H,1-3H3,(H,17,18)/t11-/m0/s1. The Bertz CT molecular complexity index is 702. The van der Waals surface area contributed by atoms with Crippen LogP contribution < -0.4 is 4.72 Å². The van der Waals surface area contributed by atoms with Gasteiger partial charge < -0.3 is 5.11 Å². The molecule has 2 N–H and O–H groups in total. The minimum absolute atomic E-state index is 0.107. The summed E-state index contributed by atoms with van der Waals surface area (Å²) in [5.74, 6) is -1.30. The summed E-state index contributed by atoms with van der Waals surface area (Å²) in [6.07, 6.45) is 0. The van der Waals surface area contributed by atoms with Crippen LogP contribution in [0.4, 0.5) is 0 Å². The molecule has 0 aliphatic heterocycles. The lowest BCUT2D eigenvalue weighted by molar-refractivity contribution is -0.141. The van der Waals surface area contributed by atoms with E-state index in [2.05, 4.69) is 4.72 Å². The van der Waals surface area contributed by atoms with E-state index in [-0.39, 0.29) is 15.5 Å². The van der Waals surface area contributed by atoms with Gasteiger partial charge in [-0.2, -0.15) is 9.98 Å². The van der Waals surface area contributed by atoms with Crippen molar-refractivity contribution >= 4 is 27.6 Å². The second-order valence-electron chi connectivity index (χ2n) is 5.51. The van der Waals surface area contributed by atoms with E-state index in [0.29, 0.717) is 0 Å². The molecule has 1 rings (SSSR count). The van der Waals surface area contributed by atoms with Crippen molar-refractivity contribution in [2.75, 3.05) is 0 Å². The molecule has 0 saturated heterocycles. The van der Waals surface area contributed by atoms with Crippen LogP contribution in [0.25, 0.3) is 0 Å². The van der Waals surface area contributed by atoms with Gasteiger partial charge in [0.1, 0.15) is 17.0 Å². The maximum absolute atomic E-state index is 12.3. The van der Waals surface area contributed by atoms with E-state index in [0.717, 1.165) is 6.07 Å². The maximum atomic E-state index is 12.3. The lowest BCUT2D eigenvalue weighted by Gasteiger charge is -2.27. The lowest BCUT2D eigenvalue weighted by atomic mass is 9.88. The predicted octanol–water partition coefficient (Wildman–Crippen LogP) is 1.99. The quantitative estimate of drug-likeness (QED) is 0.877. The number of benzene rings is 1. The molecule has 8 heteroatoms. The Labute approximate surface area is 128 Å². The number of carboxylic acid groups (broad SMARTS) is 1. The van der Waals surface area contributed by atoms with Gasteiger partial charge in [0.25, 0.3) is 0 Å². The summed E-state index contributed by atoms with van der Waals surface area (Å²) in [6, 6.07) is 4.17. The van der Waals surface area contributed by atoms with Crippen molar-refractivity contribution in [1.29, 1.82) is 5.26 Å². The minimum Gasteiger partial charge on any atom is -0.480 e. The third-order valence-corrected chi connectivity index (χ3v) is 4.44. The van der Waals surface area contributed by atoms with Gasteiger partial charge in [0.2, 0.25) is 10.0 Å². The number of hydrogen-bond donors (Lipinski definition) is 2. The highest BCUT2D eigenvalue weighted by molar-refractivity contribution is 7.89. The molecule has 0 heterocycles. The molecule has 114 valence electrons. The van der Waals surface area contributed by atoms with Crippen LogP contribution in [0.2, 0.25) is 5.02 Å². The molecule has 0 aromatic heterocycles. The number of carboxylic acids is 1. The molecule has 0 radical (unpaired) electrons. The summed E-state index contributed by atoms with van der Waals surface area (Å²) in [5, 5.41) is 18.3. The summed E-state index contributed by atoms with van der Waals surface area (Å²) in [5.41, 5.74) is -0.950. The van der Waals surface area contributed by atoms with Gasteiger partial charge in [-0.05, 0) is 23.6 Å². The van der Waals surface area contributed by atoms with Crippen molar-refractivity contribution in [2.24, 2.45) is 5.41 Å². The van der Waals surface area contributed by atoms with Gasteiger partial charge in [0.05, 0.1) is 5.56 Å². The Morgan fingerprint density at radius 1 is 1.43 bits per heavy atom. The van der Waals surface area contributed by atoms with E-state index < -0.39 is 27.4 Å². The zero-order valence-electron chi connectivity index (χ0n) is 11.7. The van der Waals surface area contributed by atoms with Crippen molar-refractivity contribution in [3.63, 3.8) is 0 Å². The molecule has 1 aromatic carbocycles. The maximum Gasteiger partial charge on any atom is 0.322 e. The third-order valence-electron chi connectivity index (χ3n) is 2.74. The first-order chi connectivity index (χ1) is 9.49. The number of nitrogens with one attached hydrogen (secondary N) is 1. The van der Waals surface area contributed by atoms with Crippen LogP contribution in [0.1, 0.15) is 26.3 Å². The van der Waals surface area contributed by atoms with Gasteiger partial charge in [0, 0.05) is 5.02 Å². The first kappa shape index (κ1) is 17.4. The fourth-order valence-electron chi connectivity index (χ4n) is 1.63. The normalized spacial score (nSPS) is 13.5. The van der Waals surface area contributed by atoms with E-state index in [1.165, 1.54) is 12.1 Å². The Morgan fingerprint density at radius 3 is 2.43 bits per heavy atom. The van der Waals surface area contributed by atoms with Crippen LogP contribution in [0.3, 0.4) is 0 Å². The fourth-order valence-corrected chi connectivity index (χ4v) is 3.44. The molecule has 0 aliphatic rings. The largest absolute Gasteiger partial charge is 0.480 e. The molecule has 1 aromatic rings. The second-order valence-corrected chi connectivity index (χ2v) is 7.63. The van der Waals surface area contributed by atoms with Crippen LogP contribution in [0.15, 0.2) is 23.1 Å². The molecule has 0 aliphatic carbocycles. The highest BCUT2D eigenvalue weighted by Crippen LogP contribution is 2.24. The number of rotatable bonds is 4. The van der Waals surface area contributed by atoms with E-state index in [1.807, 2.05) is 0 Å². The molecule has 6 nitrogen and oxygen atoms in total. The van der Waals surface area contributed by atoms with Gasteiger partial charge in [-0.1, -0.05) is 32.4 Å². The van der Waals surface area contributed by atoms with Crippen molar-refractivity contribution in [3.8, 4) is 6.07 Å². The third kappa shape index (κ3) is 4.17. The van der Waals surface area contributed by atoms with E-state index in [1.54, 1.807) is 26.8 Å². The van der Waals surface area contributed by atoms with Crippen molar-refractivity contribution < 1.29 is 18.3 Å². The summed E-state index contributed by atoms with van der Waals surface area (Å²) in [6.45, 7) is 4.78. The molecule has 1 atom stereocenters. The van der Waals surface area contributed by atoms with Gasteiger partial charge >= 0.3 is 5.97 Å². The molecule has 21 heavy (non-hydrogen) atoms. The van der Waals surface area contributed by atoms with Gasteiger partial charge in [0.15, 0.2) is 0 Å². The Balaban J connectivity index is 3.33. The zero-order valence-corrected chi connectivity index (χ0v) is 13.3. The average Bonchev–Trinajstić information content (AvgIpc) is 2.34. The molecule has 0 fully saturated rings. The molecular formula is C13H15ClN2O4S. The number of nitriles is 1. The zero-order chi connectivity index (χ0) is 16.4. The monoisotopic (exact) mass is 330 g/mol. The molecular weight excluding hydrogens is 316 g/mol. The molecule has 0 saturated carbocycles. The number of nitrogens with zero attached hydrogens (tertiary/aromatic N) is 1. The second kappa shape index (κ2) is 6.02. The molecule has 0 bridgehead atoms. The minimum atomic E-state index is -4.19. The van der Waals surface area contributed by atoms with Gasteiger partial charge in [-0.3, -0.25) is 4.79 Å². The number of aliphatic carboxylic acids is 1. The first-order valence-electron chi connectivity index (χ1n) is 5.94. The molecule has 0 unspecified atom stereocenters. The van der Waals surface area contributed by atoms with Crippen LogP contribution in [-0.2, 0) is 14.8 Å². The van der Waals surface area contributed by atoms with Gasteiger partial charge in [-0.25, -0.2) is 8.42 Å². The smallest absolute Gasteiger partial charge is 0.322 e. The highest BCUT2D eigenvalue weighted by atomic mass is 35.5. The number of carbonyl (C=O) groups is 1. The summed E-state index contributed by atoms with van der Waals surface area (Å²) in [4.78, 5) is 10.9. The van der Waals surface area contributed by atoms with E-state index in [4.69, 9.17) is 16.9 Å². The Morgan fingerprint density at radius 2 is 2.00 bits per heavy atom. The number of sulfonamides is 1. The van der Waals surface area contributed by atoms with Crippen molar-refractivity contribution in [1.82, 2.24) is 4.72 Å². The number of halogens is 1. The van der Waals surface area contributed by atoms with E-state index in [9.17, 15) is 18.3 Å². The van der Waals surface area contributed by atoms with Crippen LogP contribution in [0, 0.1) is 16.7 Å². The Hall–Kier alpha value is -1.62. The van der Waals surface area contributed by atoms with E-state index >= 15 is 0 Å². The summed E-state index contributed by atoms with van der Waals surface area (Å²) in [7, 11) is -4.19. The van der Waals surface area contributed by atoms with Crippen LogP contribution in [-0.4, -0.2) is 25.5 Å². The first-order valence-corrected chi connectivity index (χ1v) is 7.80. The van der Waals surface area contributed by atoms with Crippen molar-refractivity contribution in [3.05, 3.63) is 28.8 Å².